The maximum absolute atomic E-state index is 6.33. The Balaban J connectivity index is 2.17. The molecule has 2 nitrogen and oxygen atoms in total. The van der Waals surface area contributed by atoms with Gasteiger partial charge in [-0.15, -0.1) is 0 Å². The summed E-state index contributed by atoms with van der Waals surface area (Å²) >= 11 is 0. The van der Waals surface area contributed by atoms with Gasteiger partial charge in [0, 0.05) is 18.1 Å². The molecule has 0 spiro atoms. The van der Waals surface area contributed by atoms with Crippen LogP contribution in [0.2, 0.25) is 0 Å². The molecule has 0 aromatic rings. The summed E-state index contributed by atoms with van der Waals surface area (Å²) in [6, 6.07) is 0.838. The summed E-state index contributed by atoms with van der Waals surface area (Å²) in [5.41, 5.74) is 6.61. The van der Waals surface area contributed by atoms with Crippen LogP contribution in [-0.2, 0) is 0 Å². The van der Waals surface area contributed by atoms with Crippen LogP contribution in [0.5, 0.6) is 0 Å². The van der Waals surface area contributed by atoms with Gasteiger partial charge in [0.1, 0.15) is 0 Å². The van der Waals surface area contributed by atoms with Gasteiger partial charge in [-0.2, -0.15) is 0 Å². The van der Waals surface area contributed by atoms with Crippen LogP contribution in [0.15, 0.2) is 0 Å². The summed E-state index contributed by atoms with van der Waals surface area (Å²) in [6.07, 6.45) is 12.4. The molecule has 0 aromatic heterocycles. The van der Waals surface area contributed by atoms with Crippen molar-refractivity contribution in [3.8, 4) is 0 Å². The SMILES string of the molecule is CCC(C)CC(CC)(CN)N1CCC[C@H]2CCCC[C@H]21. The number of hydrogen-bond donors (Lipinski definition) is 1. The first kappa shape index (κ1) is 16.3. The van der Waals surface area contributed by atoms with E-state index in [4.69, 9.17) is 5.73 Å². The highest BCUT2D eigenvalue weighted by Gasteiger charge is 2.43. The number of likely N-dealkylation sites (tertiary alicyclic amines) is 1. The molecule has 1 aliphatic carbocycles. The zero-order chi connectivity index (χ0) is 14.6. The van der Waals surface area contributed by atoms with Crippen LogP contribution in [0.4, 0.5) is 0 Å². The molecule has 0 amide bonds. The van der Waals surface area contributed by atoms with E-state index in [-0.39, 0.29) is 5.54 Å². The van der Waals surface area contributed by atoms with Crippen LogP contribution in [0.3, 0.4) is 0 Å². The first-order valence-corrected chi connectivity index (χ1v) is 9.13. The lowest BCUT2D eigenvalue weighted by Gasteiger charge is -2.54. The van der Waals surface area contributed by atoms with E-state index in [2.05, 4.69) is 25.7 Å². The third-order valence-electron chi connectivity index (χ3n) is 6.32. The first-order chi connectivity index (χ1) is 9.66. The Kier molecular flexibility index (Phi) is 5.92. The minimum atomic E-state index is 0.274. The molecule has 2 unspecified atom stereocenters. The van der Waals surface area contributed by atoms with Crippen molar-refractivity contribution in [3.63, 3.8) is 0 Å². The van der Waals surface area contributed by atoms with Gasteiger partial charge in [0.2, 0.25) is 0 Å². The fourth-order valence-corrected chi connectivity index (χ4v) is 4.82. The van der Waals surface area contributed by atoms with E-state index < -0.39 is 0 Å². The topological polar surface area (TPSA) is 29.3 Å². The third kappa shape index (κ3) is 3.22. The summed E-state index contributed by atoms with van der Waals surface area (Å²) in [6.45, 7) is 9.23. The molecule has 0 aromatic carbocycles. The van der Waals surface area contributed by atoms with Gasteiger partial charge in [-0.05, 0) is 56.9 Å². The molecule has 20 heavy (non-hydrogen) atoms. The second kappa shape index (κ2) is 7.26. The minimum Gasteiger partial charge on any atom is -0.329 e. The standard InChI is InChI=1S/C18H36N2/c1-4-15(3)13-18(5-2,14-19)20-12-8-10-16-9-6-7-11-17(16)20/h15-17H,4-14,19H2,1-3H3/t15?,16-,17-,18?/m1/s1. The van der Waals surface area contributed by atoms with E-state index in [0.29, 0.717) is 0 Å². The average Bonchev–Trinajstić information content (AvgIpc) is 2.52. The van der Waals surface area contributed by atoms with Crippen molar-refractivity contribution >= 4 is 0 Å². The molecule has 0 bridgehead atoms. The van der Waals surface area contributed by atoms with Gasteiger partial charge in [0.15, 0.2) is 0 Å². The van der Waals surface area contributed by atoms with E-state index in [0.717, 1.165) is 24.4 Å². The molecule has 118 valence electrons. The van der Waals surface area contributed by atoms with E-state index in [1.54, 1.807) is 0 Å². The van der Waals surface area contributed by atoms with Crippen molar-refractivity contribution < 1.29 is 0 Å². The molecule has 2 fully saturated rings. The van der Waals surface area contributed by atoms with E-state index in [1.165, 1.54) is 64.3 Å². The van der Waals surface area contributed by atoms with Crippen molar-refractivity contribution in [1.29, 1.82) is 0 Å². The van der Waals surface area contributed by atoms with Crippen molar-refractivity contribution in [1.82, 2.24) is 4.90 Å². The molecule has 2 N–H and O–H groups in total. The van der Waals surface area contributed by atoms with Crippen molar-refractivity contribution in [2.75, 3.05) is 13.1 Å². The normalized spacial score (nSPS) is 32.4. The van der Waals surface area contributed by atoms with Gasteiger partial charge < -0.3 is 5.73 Å². The largest absolute Gasteiger partial charge is 0.329 e. The third-order valence-corrected chi connectivity index (χ3v) is 6.32. The minimum absolute atomic E-state index is 0.274. The Hall–Kier alpha value is -0.0800. The van der Waals surface area contributed by atoms with Gasteiger partial charge in [0.25, 0.3) is 0 Å². The average molecular weight is 280 g/mol. The second-order valence-corrected chi connectivity index (χ2v) is 7.45. The van der Waals surface area contributed by atoms with Crippen LogP contribution in [0, 0.1) is 11.8 Å². The van der Waals surface area contributed by atoms with Gasteiger partial charge in [-0.3, -0.25) is 4.90 Å². The van der Waals surface area contributed by atoms with Crippen LogP contribution >= 0.6 is 0 Å². The summed E-state index contributed by atoms with van der Waals surface area (Å²) in [5.74, 6) is 1.76. The first-order valence-electron chi connectivity index (χ1n) is 9.13. The number of nitrogens with zero attached hydrogens (tertiary/aromatic N) is 1. The van der Waals surface area contributed by atoms with Crippen molar-refractivity contribution in [3.05, 3.63) is 0 Å². The zero-order valence-corrected chi connectivity index (χ0v) is 14.0. The summed E-state index contributed by atoms with van der Waals surface area (Å²) < 4.78 is 0. The molecular weight excluding hydrogens is 244 g/mol. The van der Waals surface area contributed by atoms with E-state index in [9.17, 15) is 0 Å². The Morgan fingerprint density at radius 2 is 1.85 bits per heavy atom. The van der Waals surface area contributed by atoms with Crippen LogP contribution in [0.25, 0.3) is 0 Å². The molecule has 4 atom stereocenters. The molecule has 1 saturated heterocycles. The smallest absolute Gasteiger partial charge is 0.0334 e. The summed E-state index contributed by atoms with van der Waals surface area (Å²) in [5, 5.41) is 0. The molecule has 2 aliphatic rings. The predicted molar refractivity (Wildman–Crippen MR) is 87.8 cm³/mol. The Bertz CT molecular complexity index is 283. The molecule has 2 rings (SSSR count). The number of rotatable bonds is 6. The molecule has 1 aliphatic heterocycles. The number of piperidine rings is 1. The highest BCUT2D eigenvalue weighted by molar-refractivity contribution is 4.99. The fourth-order valence-electron chi connectivity index (χ4n) is 4.82. The maximum atomic E-state index is 6.33. The second-order valence-electron chi connectivity index (χ2n) is 7.45. The van der Waals surface area contributed by atoms with Crippen LogP contribution < -0.4 is 5.73 Å². The van der Waals surface area contributed by atoms with Gasteiger partial charge >= 0.3 is 0 Å². The Morgan fingerprint density at radius 3 is 2.50 bits per heavy atom. The molecule has 0 radical (unpaired) electrons. The van der Waals surface area contributed by atoms with Crippen molar-refractivity contribution in [2.24, 2.45) is 17.6 Å². The van der Waals surface area contributed by atoms with Crippen molar-refractivity contribution in [2.45, 2.75) is 90.1 Å². The van der Waals surface area contributed by atoms with Gasteiger partial charge in [-0.25, -0.2) is 0 Å². The van der Waals surface area contributed by atoms with E-state index >= 15 is 0 Å². The highest BCUT2D eigenvalue weighted by atomic mass is 15.2. The molecule has 2 heteroatoms. The lowest BCUT2D eigenvalue weighted by molar-refractivity contribution is -0.0383. The Morgan fingerprint density at radius 1 is 1.15 bits per heavy atom. The lowest BCUT2D eigenvalue weighted by Crippen LogP contribution is -2.62. The predicted octanol–water partition coefficient (Wildman–Crippen LogP) is 4.18. The highest BCUT2D eigenvalue weighted by Crippen LogP contribution is 2.41. The molecule has 1 heterocycles. The quantitative estimate of drug-likeness (QED) is 0.790. The fraction of sp³-hybridized carbons (Fsp3) is 1.00. The van der Waals surface area contributed by atoms with Crippen LogP contribution in [-0.4, -0.2) is 29.6 Å². The van der Waals surface area contributed by atoms with Gasteiger partial charge in [0.05, 0.1) is 0 Å². The number of nitrogens with two attached hydrogens (primary N) is 1. The number of fused-ring (bicyclic) bond motifs is 1. The molecular formula is C18H36N2. The van der Waals surface area contributed by atoms with Crippen LogP contribution in [0.1, 0.15) is 78.6 Å². The Labute approximate surface area is 126 Å². The summed E-state index contributed by atoms with van der Waals surface area (Å²) in [4.78, 5) is 2.88. The van der Waals surface area contributed by atoms with E-state index in [1.807, 2.05) is 0 Å². The maximum Gasteiger partial charge on any atom is 0.0334 e. The number of hydrogen-bond acceptors (Lipinski definition) is 2. The van der Waals surface area contributed by atoms with Gasteiger partial charge in [-0.1, -0.05) is 40.0 Å². The monoisotopic (exact) mass is 280 g/mol. The zero-order valence-electron chi connectivity index (χ0n) is 14.0. The lowest BCUT2D eigenvalue weighted by atomic mass is 9.73. The summed E-state index contributed by atoms with van der Waals surface area (Å²) in [7, 11) is 0. The molecule has 1 saturated carbocycles.